The number of halogens is 2. The van der Waals surface area contributed by atoms with Crippen molar-refractivity contribution in [2.24, 2.45) is 0 Å². The Morgan fingerprint density at radius 1 is 1.41 bits per heavy atom. The first kappa shape index (κ1) is 19.7. The van der Waals surface area contributed by atoms with Crippen LogP contribution in [0.15, 0.2) is 27.6 Å². The summed E-state index contributed by atoms with van der Waals surface area (Å²) in [4.78, 5) is 2.25. The topological polar surface area (TPSA) is 52.7 Å². The molecule has 126 valence electrons. The van der Waals surface area contributed by atoms with Crippen LogP contribution in [0.3, 0.4) is 0 Å². The molecule has 1 fully saturated rings. The number of nitrogens with zero attached hydrogens (tertiary/aromatic N) is 2. The number of rotatable bonds is 5. The average Bonchev–Trinajstić information content (AvgIpc) is 2.88. The third-order valence-electron chi connectivity index (χ3n) is 3.78. The largest absolute Gasteiger partial charge is 0.378 e. The van der Waals surface area contributed by atoms with Crippen LogP contribution in [0.4, 0.5) is 5.69 Å². The fourth-order valence-electron chi connectivity index (χ4n) is 2.66. The molecule has 1 saturated heterocycles. The molecule has 22 heavy (non-hydrogen) atoms. The van der Waals surface area contributed by atoms with Gasteiger partial charge in [-0.1, -0.05) is 0 Å². The lowest BCUT2D eigenvalue weighted by Crippen LogP contribution is -2.40. The van der Waals surface area contributed by atoms with E-state index in [-0.39, 0.29) is 18.4 Å². The number of anilines is 1. The summed E-state index contributed by atoms with van der Waals surface area (Å²) in [6, 6.07) is 5.47. The van der Waals surface area contributed by atoms with E-state index in [2.05, 4.69) is 21.2 Å². The van der Waals surface area contributed by atoms with Gasteiger partial charge in [0, 0.05) is 43.4 Å². The van der Waals surface area contributed by atoms with Crippen molar-refractivity contribution in [2.75, 3.05) is 39.1 Å². The van der Waals surface area contributed by atoms with E-state index in [1.807, 2.05) is 32.1 Å². The maximum atomic E-state index is 13.0. The molecule has 0 bridgehead atoms. The molecule has 1 aliphatic rings. The zero-order chi connectivity index (χ0) is 15.6. The molecule has 1 aromatic carbocycles. The Morgan fingerprint density at radius 2 is 2.09 bits per heavy atom. The highest BCUT2D eigenvalue weighted by Crippen LogP contribution is 2.32. The van der Waals surface area contributed by atoms with Gasteiger partial charge < -0.3 is 10.2 Å². The molecule has 0 amide bonds. The lowest BCUT2D eigenvalue weighted by Gasteiger charge is -2.25. The van der Waals surface area contributed by atoms with Gasteiger partial charge in [0.25, 0.3) is 0 Å². The minimum absolute atomic E-state index is 0. The van der Waals surface area contributed by atoms with Gasteiger partial charge >= 0.3 is 0 Å². The van der Waals surface area contributed by atoms with Gasteiger partial charge in [0.1, 0.15) is 0 Å². The molecule has 1 N–H and O–H groups in total. The number of likely N-dealkylation sites (N-methyl/N-ethyl adjacent to an activating group) is 1. The summed E-state index contributed by atoms with van der Waals surface area (Å²) in [6.45, 7) is 1.28. The van der Waals surface area contributed by atoms with E-state index < -0.39 is 10.0 Å². The highest BCUT2D eigenvalue weighted by atomic mass is 79.9. The zero-order valence-corrected chi connectivity index (χ0v) is 16.3. The van der Waals surface area contributed by atoms with Gasteiger partial charge in [-0.15, -0.1) is 12.4 Å². The van der Waals surface area contributed by atoms with E-state index in [0.717, 1.165) is 18.5 Å². The second kappa shape index (κ2) is 7.97. The Kier molecular flexibility index (Phi) is 7.14. The Hall–Kier alpha value is -0.340. The first-order valence-electron chi connectivity index (χ1n) is 7.01. The van der Waals surface area contributed by atoms with Crippen molar-refractivity contribution in [3.63, 3.8) is 0 Å². The van der Waals surface area contributed by atoms with Crippen LogP contribution in [0.1, 0.15) is 12.8 Å². The normalized spacial score (nSPS) is 19.0. The lowest BCUT2D eigenvalue weighted by molar-refractivity contribution is 0.379. The molecule has 8 heteroatoms. The van der Waals surface area contributed by atoms with Crippen LogP contribution in [-0.4, -0.2) is 53.0 Å². The first-order chi connectivity index (χ1) is 9.87. The van der Waals surface area contributed by atoms with Crippen molar-refractivity contribution in [1.82, 2.24) is 9.62 Å². The minimum atomic E-state index is -3.48. The summed E-state index contributed by atoms with van der Waals surface area (Å²) in [6.07, 6.45) is 1.82. The van der Waals surface area contributed by atoms with Gasteiger partial charge in [0.05, 0.1) is 4.90 Å². The SMILES string of the molecule is CNCC1CCCN1S(=O)(=O)c1cc(N(C)C)ccc1Br.Cl. The molecule has 0 spiro atoms. The number of sulfonamides is 1. The van der Waals surface area contributed by atoms with Gasteiger partial charge in [0.15, 0.2) is 0 Å². The van der Waals surface area contributed by atoms with E-state index in [0.29, 0.717) is 22.5 Å². The zero-order valence-electron chi connectivity index (χ0n) is 13.0. The van der Waals surface area contributed by atoms with E-state index in [1.54, 1.807) is 16.4 Å². The molecule has 1 aliphatic heterocycles. The molecule has 2 rings (SSSR count). The van der Waals surface area contributed by atoms with Gasteiger partial charge in [-0.2, -0.15) is 4.31 Å². The Morgan fingerprint density at radius 3 is 2.68 bits per heavy atom. The summed E-state index contributed by atoms with van der Waals surface area (Å²) in [5, 5.41) is 3.08. The average molecular weight is 413 g/mol. The maximum Gasteiger partial charge on any atom is 0.244 e. The molecule has 0 saturated carbocycles. The molecule has 1 unspecified atom stereocenters. The fourth-order valence-corrected chi connectivity index (χ4v) is 5.30. The quantitative estimate of drug-likeness (QED) is 0.806. The lowest BCUT2D eigenvalue weighted by atomic mass is 10.2. The van der Waals surface area contributed by atoms with Gasteiger partial charge in [-0.05, 0) is 54.0 Å². The van der Waals surface area contributed by atoms with Crippen LogP contribution >= 0.6 is 28.3 Å². The standard InChI is InChI=1S/C14H22BrN3O2S.ClH/c1-16-10-12-5-4-8-18(12)21(19,20)14-9-11(17(2)3)6-7-13(14)15;/h6-7,9,12,16H,4-5,8,10H2,1-3H3;1H. The van der Waals surface area contributed by atoms with Crippen molar-refractivity contribution in [2.45, 2.75) is 23.8 Å². The van der Waals surface area contributed by atoms with Crippen molar-refractivity contribution >= 4 is 44.0 Å². The predicted molar refractivity (Wildman–Crippen MR) is 96.6 cm³/mol. The number of hydrogen-bond acceptors (Lipinski definition) is 4. The predicted octanol–water partition coefficient (Wildman–Crippen LogP) is 2.31. The highest BCUT2D eigenvalue weighted by molar-refractivity contribution is 9.10. The monoisotopic (exact) mass is 411 g/mol. The maximum absolute atomic E-state index is 13.0. The highest BCUT2D eigenvalue weighted by Gasteiger charge is 2.36. The van der Waals surface area contributed by atoms with Crippen LogP contribution in [0, 0.1) is 0 Å². The van der Waals surface area contributed by atoms with E-state index in [9.17, 15) is 8.42 Å². The van der Waals surface area contributed by atoms with E-state index >= 15 is 0 Å². The molecule has 5 nitrogen and oxygen atoms in total. The minimum Gasteiger partial charge on any atom is -0.378 e. The third kappa shape index (κ3) is 3.94. The van der Waals surface area contributed by atoms with E-state index in [4.69, 9.17) is 0 Å². The Labute approximate surface area is 147 Å². The van der Waals surface area contributed by atoms with Crippen molar-refractivity contribution in [3.8, 4) is 0 Å². The molecule has 0 aromatic heterocycles. The van der Waals surface area contributed by atoms with Crippen molar-refractivity contribution in [1.29, 1.82) is 0 Å². The fraction of sp³-hybridized carbons (Fsp3) is 0.571. The van der Waals surface area contributed by atoms with Crippen LogP contribution in [-0.2, 0) is 10.0 Å². The van der Waals surface area contributed by atoms with Crippen molar-refractivity contribution in [3.05, 3.63) is 22.7 Å². The summed E-state index contributed by atoms with van der Waals surface area (Å²) in [5.41, 5.74) is 0.876. The molecule has 1 heterocycles. The van der Waals surface area contributed by atoms with Crippen LogP contribution < -0.4 is 10.2 Å². The Balaban J connectivity index is 0.00000242. The van der Waals surface area contributed by atoms with Gasteiger partial charge in [-0.3, -0.25) is 0 Å². The van der Waals surface area contributed by atoms with Crippen LogP contribution in [0.2, 0.25) is 0 Å². The Bertz CT molecular complexity index is 610. The summed E-state index contributed by atoms with van der Waals surface area (Å²) >= 11 is 3.38. The molecule has 0 aliphatic carbocycles. The first-order valence-corrected chi connectivity index (χ1v) is 9.24. The molecular weight excluding hydrogens is 390 g/mol. The third-order valence-corrected chi connectivity index (χ3v) is 6.73. The van der Waals surface area contributed by atoms with E-state index in [1.165, 1.54) is 0 Å². The van der Waals surface area contributed by atoms with Gasteiger partial charge in [0.2, 0.25) is 10.0 Å². The second-order valence-corrected chi connectivity index (χ2v) is 8.19. The molecule has 1 atom stereocenters. The smallest absolute Gasteiger partial charge is 0.244 e. The van der Waals surface area contributed by atoms with Crippen LogP contribution in [0.5, 0.6) is 0 Å². The summed E-state index contributed by atoms with van der Waals surface area (Å²) in [5.74, 6) is 0. The number of nitrogens with one attached hydrogen (secondary N) is 1. The summed E-state index contributed by atoms with van der Waals surface area (Å²) in [7, 11) is 2.18. The van der Waals surface area contributed by atoms with Gasteiger partial charge in [-0.25, -0.2) is 8.42 Å². The summed E-state index contributed by atoms with van der Waals surface area (Å²) < 4.78 is 28.2. The second-order valence-electron chi connectivity index (χ2n) is 5.48. The molecule has 1 aromatic rings. The number of hydrogen-bond donors (Lipinski definition) is 1. The molecular formula is C14H23BrClN3O2S. The number of benzene rings is 1. The van der Waals surface area contributed by atoms with Crippen LogP contribution in [0.25, 0.3) is 0 Å². The molecule has 0 radical (unpaired) electrons. The van der Waals surface area contributed by atoms with Crippen molar-refractivity contribution < 1.29 is 8.42 Å².